The van der Waals surface area contributed by atoms with Gasteiger partial charge < -0.3 is 13.9 Å². The van der Waals surface area contributed by atoms with Gasteiger partial charge in [-0.05, 0) is 42.0 Å². The van der Waals surface area contributed by atoms with Crippen molar-refractivity contribution in [2.24, 2.45) is 0 Å². The number of carbonyl (C=O) groups excluding carboxylic acids is 1. The SMILES string of the molecule is COc1ccc(-c2c(C(F)(F)F)oc3cc(OC(=O)c4ccc([N+](=O)[O-])cc4)ccc3c2=O)cc1. The van der Waals surface area contributed by atoms with Crippen LogP contribution in [0.3, 0.4) is 0 Å². The molecule has 0 aliphatic heterocycles. The topological polar surface area (TPSA) is 109 Å². The highest BCUT2D eigenvalue weighted by molar-refractivity contribution is 5.92. The third kappa shape index (κ3) is 4.69. The number of halogens is 3. The maximum absolute atomic E-state index is 13.8. The summed E-state index contributed by atoms with van der Waals surface area (Å²) < 4.78 is 56.7. The van der Waals surface area contributed by atoms with Crippen LogP contribution >= 0.6 is 0 Å². The lowest BCUT2D eigenvalue weighted by Crippen LogP contribution is -2.16. The van der Waals surface area contributed by atoms with Crippen molar-refractivity contribution in [1.29, 1.82) is 0 Å². The van der Waals surface area contributed by atoms with E-state index in [0.29, 0.717) is 5.75 Å². The van der Waals surface area contributed by atoms with E-state index in [-0.39, 0.29) is 28.0 Å². The van der Waals surface area contributed by atoms with Gasteiger partial charge in [0.1, 0.15) is 17.1 Å². The van der Waals surface area contributed by atoms with Crippen molar-refractivity contribution in [3.63, 3.8) is 0 Å². The van der Waals surface area contributed by atoms with Crippen LogP contribution in [0.4, 0.5) is 18.9 Å². The van der Waals surface area contributed by atoms with Crippen molar-refractivity contribution < 1.29 is 36.8 Å². The number of rotatable bonds is 5. The number of nitro benzene ring substituents is 1. The van der Waals surface area contributed by atoms with Gasteiger partial charge in [-0.1, -0.05) is 12.1 Å². The first-order valence-corrected chi connectivity index (χ1v) is 9.87. The number of hydrogen-bond donors (Lipinski definition) is 0. The van der Waals surface area contributed by atoms with Gasteiger partial charge in [-0.15, -0.1) is 0 Å². The Morgan fingerprint density at radius 3 is 2.17 bits per heavy atom. The Hall–Kier alpha value is -4.67. The van der Waals surface area contributed by atoms with Gasteiger partial charge in [-0.2, -0.15) is 13.2 Å². The summed E-state index contributed by atoms with van der Waals surface area (Å²) in [6.45, 7) is 0. The fourth-order valence-corrected chi connectivity index (χ4v) is 3.34. The smallest absolute Gasteiger partial charge is 0.450 e. The van der Waals surface area contributed by atoms with Gasteiger partial charge in [0.2, 0.25) is 11.2 Å². The van der Waals surface area contributed by atoms with E-state index in [4.69, 9.17) is 13.9 Å². The van der Waals surface area contributed by atoms with Crippen LogP contribution in [-0.2, 0) is 6.18 Å². The number of esters is 1. The lowest BCUT2D eigenvalue weighted by atomic mass is 10.0. The van der Waals surface area contributed by atoms with Crippen molar-refractivity contribution in [3.05, 3.63) is 98.4 Å². The molecule has 35 heavy (non-hydrogen) atoms. The van der Waals surface area contributed by atoms with Crippen molar-refractivity contribution in [2.75, 3.05) is 7.11 Å². The maximum Gasteiger partial charge on any atom is 0.450 e. The number of benzene rings is 3. The highest BCUT2D eigenvalue weighted by atomic mass is 19.4. The molecular formula is C24H14F3NO7. The van der Waals surface area contributed by atoms with Gasteiger partial charge in [0.15, 0.2) is 0 Å². The van der Waals surface area contributed by atoms with Crippen LogP contribution < -0.4 is 14.9 Å². The summed E-state index contributed by atoms with van der Waals surface area (Å²) in [6, 6.07) is 13.4. The Balaban J connectivity index is 1.75. The first-order chi connectivity index (χ1) is 16.6. The number of ether oxygens (including phenoxy) is 2. The molecule has 178 valence electrons. The minimum Gasteiger partial charge on any atom is -0.497 e. The van der Waals surface area contributed by atoms with Crippen molar-refractivity contribution in [2.45, 2.75) is 6.18 Å². The number of carbonyl (C=O) groups is 1. The number of nitrogens with zero attached hydrogens (tertiary/aromatic N) is 1. The zero-order valence-electron chi connectivity index (χ0n) is 17.8. The summed E-state index contributed by atoms with van der Waals surface area (Å²) in [5, 5.41) is 10.6. The molecule has 0 saturated carbocycles. The van der Waals surface area contributed by atoms with Crippen LogP contribution in [0.15, 0.2) is 75.9 Å². The monoisotopic (exact) mass is 485 g/mol. The van der Waals surface area contributed by atoms with E-state index in [9.17, 15) is 32.9 Å². The zero-order valence-corrected chi connectivity index (χ0v) is 17.8. The normalized spacial score (nSPS) is 11.3. The summed E-state index contributed by atoms with van der Waals surface area (Å²) >= 11 is 0. The highest BCUT2D eigenvalue weighted by Gasteiger charge is 2.39. The third-order valence-corrected chi connectivity index (χ3v) is 5.02. The Kier molecular flexibility index (Phi) is 6.00. The molecule has 0 bridgehead atoms. The van der Waals surface area contributed by atoms with Gasteiger partial charge in [0, 0.05) is 18.2 Å². The van der Waals surface area contributed by atoms with E-state index < -0.39 is 39.4 Å². The molecule has 0 fully saturated rings. The fourth-order valence-electron chi connectivity index (χ4n) is 3.34. The Morgan fingerprint density at radius 2 is 1.60 bits per heavy atom. The third-order valence-electron chi connectivity index (χ3n) is 5.02. The highest BCUT2D eigenvalue weighted by Crippen LogP contribution is 2.38. The first kappa shape index (κ1) is 23.5. The van der Waals surface area contributed by atoms with Crippen LogP contribution in [0, 0.1) is 10.1 Å². The molecule has 0 aliphatic carbocycles. The lowest BCUT2D eigenvalue weighted by Gasteiger charge is -2.13. The summed E-state index contributed by atoms with van der Waals surface area (Å²) in [5.41, 5.74) is -2.29. The molecule has 1 aromatic heterocycles. The number of alkyl halides is 3. The van der Waals surface area contributed by atoms with Gasteiger partial charge in [0.25, 0.3) is 5.69 Å². The van der Waals surface area contributed by atoms with Gasteiger partial charge in [-0.3, -0.25) is 14.9 Å². The van der Waals surface area contributed by atoms with Crippen molar-refractivity contribution >= 4 is 22.6 Å². The van der Waals surface area contributed by atoms with Crippen molar-refractivity contribution in [3.8, 4) is 22.6 Å². The van der Waals surface area contributed by atoms with Gasteiger partial charge >= 0.3 is 12.1 Å². The summed E-state index contributed by atoms with van der Waals surface area (Å²) in [7, 11) is 1.40. The molecule has 3 aromatic carbocycles. The van der Waals surface area contributed by atoms with Crippen LogP contribution in [0.2, 0.25) is 0 Å². The molecule has 0 amide bonds. The number of hydrogen-bond acceptors (Lipinski definition) is 7. The fraction of sp³-hybridized carbons (Fsp3) is 0.0833. The minimum absolute atomic E-state index is 0.0116. The largest absolute Gasteiger partial charge is 0.497 e. The Bertz CT molecular complexity index is 1490. The molecule has 4 rings (SSSR count). The first-order valence-electron chi connectivity index (χ1n) is 9.87. The van der Waals surface area contributed by atoms with E-state index in [2.05, 4.69) is 0 Å². The predicted molar refractivity (Wildman–Crippen MR) is 118 cm³/mol. The predicted octanol–water partition coefficient (Wildman–Crippen LogP) is 5.61. The molecule has 0 N–H and O–H groups in total. The molecule has 0 atom stereocenters. The number of non-ortho nitro benzene ring substituents is 1. The average molecular weight is 485 g/mol. The molecule has 0 saturated heterocycles. The molecule has 4 aromatic rings. The molecule has 11 heteroatoms. The van der Waals surface area contributed by atoms with E-state index in [1.54, 1.807) is 0 Å². The second kappa shape index (κ2) is 8.93. The standard InChI is InChI=1S/C24H14F3NO7/c1-33-16-8-4-13(5-9-16)20-21(29)18-11-10-17(12-19(18)35-22(20)24(25,26)27)34-23(30)14-2-6-15(7-3-14)28(31)32/h2-12H,1H3. The maximum atomic E-state index is 13.8. The molecular weight excluding hydrogens is 471 g/mol. The number of fused-ring (bicyclic) bond motifs is 1. The second-order valence-corrected chi connectivity index (χ2v) is 7.21. The Labute approximate surface area is 194 Å². The number of methoxy groups -OCH3 is 1. The second-order valence-electron chi connectivity index (χ2n) is 7.21. The molecule has 0 radical (unpaired) electrons. The summed E-state index contributed by atoms with van der Waals surface area (Å²) in [4.78, 5) is 35.5. The zero-order chi connectivity index (χ0) is 25.3. The molecule has 0 unspecified atom stereocenters. The van der Waals surface area contributed by atoms with E-state index in [1.807, 2.05) is 0 Å². The van der Waals surface area contributed by atoms with Gasteiger partial charge in [0.05, 0.1) is 28.5 Å². The Morgan fingerprint density at radius 1 is 0.971 bits per heavy atom. The van der Waals surface area contributed by atoms with Crippen LogP contribution in [0.25, 0.3) is 22.1 Å². The van der Waals surface area contributed by atoms with Crippen LogP contribution in [0.5, 0.6) is 11.5 Å². The summed E-state index contributed by atoms with van der Waals surface area (Å²) in [5.74, 6) is -2.20. The quantitative estimate of drug-likeness (QED) is 0.156. The molecule has 8 nitrogen and oxygen atoms in total. The van der Waals surface area contributed by atoms with Crippen molar-refractivity contribution in [1.82, 2.24) is 0 Å². The molecule has 0 spiro atoms. The van der Waals surface area contributed by atoms with Crippen LogP contribution in [0.1, 0.15) is 16.1 Å². The van der Waals surface area contributed by atoms with E-state index in [1.165, 1.54) is 55.6 Å². The minimum atomic E-state index is -4.99. The molecule has 0 aliphatic rings. The molecule has 1 heterocycles. The van der Waals surface area contributed by atoms with Crippen LogP contribution in [-0.4, -0.2) is 18.0 Å². The van der Waals surface area contributed by atoms with Gasteiger partial charge in [-0.25, -0.2) is 4.79 Å². The number of nitro groups is 1. The van der Waals surface area contributed by atoms with E-state index >= 15 is 0 Å². The summed E-state index contributed by atoms with van der Waals surface area (Å²) in [6.07, 6.45) is -4.99. The lowest BCUT2D eigenvalue weighted by molar-refractivity contribution is -0.384. The van der Waals surface area contributed by atoms with E-state index in [0.717, 1.165) is 18.2 Å². The average Bonchev–Trinajstić information content (AvgIpc) is 2.83.